The third-order valence-electron chi connectivity index (χ3n) is 3.84. The minimum Gasteiger partial charge on any atom is -0.480 e. The predicted molar refractivity (Wildman–Crippen MR) is 80.2 cm³/mol. The zero-order chi connectivity index (χ0) is 17.0. The van der Waals surface area contributed by atoms with Gasteiger partial charge in [0.15, 0.2) is 0 Å². The second-order valence-electron chi connectivity index (χ2n) is 5.45. The number of carboxylic acids is 1. The number of hydrogen-bond acceptors (Lipinski definition) is 5. The van der Waals surface area contributed by atoms with Crippen LogP contribution in [-0.4, -0.2) is 56.4 Å². The topological polar surface area (TPSA) is 141 Å². The number of amides is 2. The van der Waals surface area contributed by atoms with Crippen molar-refractivity contribution in [3.05, 3.63) is 17.7 Å². The molecule has 9 heteroatoms. The molecule has 0 aromatic carbocycles. The Bertz CT molecular complexity index is 600. The number of rotatable bonds is 6. The number of aliphatic carboxylic acids is 1. The van der Waals surface area contributed by atoms with Gasteiger partial charge in [-0.3, -0.25) is 9.59 Å². The maximum Gasteiger partial charge on any atom is 0.326 e. The highest BCUT2D eigenvalue weighted by atomic mass is 16.4. The summed E-state index contributed by atoms with van der Waals surface area (Å²) in [6.07, 6.45) is 1.92. The van der Waals surface area contributed by atoms with E-state index in [1.165, 1.54) is 11.2 Å². The molecule has 0 radical (unpaired) electrons. The van der Waals surface area contributed by atoms with Crippen LogP contribution in [0, 0.1) is 0 Å². The van der Waals surface area contributed by atoms with E-state index >= 15 is 0 Å². The van der Waals surface area contributed by atoms with E-state index in [-0.39, 0.29) is 31.7 Å². The van der Waals surface area contributed by atoms with Crippen LogP contribution >= 0.6 is 0 Å². The maximum atomic E-state index is 12.5. The molecule has 1 aromatic rings. The molecule has 2 atom stereocenters. The lowest BCUT2D eigenvalue weighted by molar-refractivity contribution is -0.152. The monoisotopic (exact) mass is 323 g/mol. The molecular formula is C14H21N5O4. The van der Waals surface area contributed by atoms with E-state index in [0.717, 1.165) is 0 Å². The van der Waals surface area contributed by atoms with Crippen LogP contribution in [0.3, 0.4) is 0 Å². The molecule has 0 saturated carbocycles. The Morgan fingerprint density at radius 1 is 1.57 bits per heavy atom. The smallest absolute Gasteiger partial charge is 0.326 e. The lowest BCUT2D eigenvalue weighted by Gasteiger charge is -2.34. The zero-order valence-electron chi connectivity index (χ0n) is 12.9. The Kier molecular flexibility index (Phi) is 5.32. The zero-order valence-corrected chi connectivity index (χ0v) is 12.9. The lowest BCUT2D eigenvalue weighted by Crippen LogP contribution is -2.54. The van der Waals surface area contributed by atoms with Crippen molar-refractivity contribution in [2.24, 2.45) is 5.73 Å². The Morgan fingerprint density at radius 2 is 2.30 bits per heavy atom. The average Bonchev–Trinajstić information content (AvgIpc) is 2.98. The SMILES string of the molecule is CCNC(=O)CC[C@H](N)C(=O)N1Cc2[nH]cnc2C[C@H]1C(=O)O. The summed E-state index contributed by atoms with van der Waals surface area (Å²) in [4.78, 5) is 43.6. The van der Waals surface area contributed by atoms with E-state index < -0.39 is 24.0 Å². The number of nitrogens with two attached hydrogens (primary N) is 1. The first-order chi connectivity index (χ1) is 10.9. The number of nitrogens with one attached hydrogen (secondary N) is 2. The molecule has 23 heavy (non-hydrogen) atoms. The van der Waals surface area contributed by atoms with Crippen molar-refractivity contribution in [3.8, 4) is 0 Å². The standard InChI is InChI=1S/C14H21N5O4/c1-2-16-12(20)4-3-8(15)13(21)19-6-10-9(17-7-18-10)5-11(19)14(22)23/h7-8,11H,2-6,15H2,1H3,(H,16,20)(H,17,18)(H,22,23)/t8-,11-/m0/s1. The third kappa shape index (κ3) is 3.86. The number of carboxylic acid groups (broad SMARTS) is 1. The molecule has 1 aromatic heterocycles. The van der Waals surface area contributed by atoms with Gasteiger partial charge in [-0.2, -0.15) is 0 Å². The second-order valence-corrected chi connectivity index (χ2v) is 5.45. The fourth-order valence-electron chi connectivity index (χ4n) is 2.60. The lowest BCUT2D eigenvalue weighted by atomic mass is 10.0. The van der Waals surface area contributed by atoms with Crippen LogP contribution in [0.15, 0.2) is 6.33 Å². The first kappa shape index (κ1) is 16.9. The number of carbonyl (C=O) groups is 3. The van der Waals surface area contributed by atoms with Gasteiger partial charge in [0.1, 0.15) is 6.04 Å². The fourth-order valence-corrected chi connectivity index (χ4v) is 2.60. The minimum absolute atomic E-state index is 0.125. The molecule has 5 N–H and O–H groups in total. The molecule has 0 aliphatic carbocycles. The van der Waals surface area contributed by atoms with Gasteiger partial charge in [0, 0.05) is 19.4 Å². The van der Waals surface area contributed by atoms with Crippen molar-refractivity contribution in [1.29, 1.82) is 0 Å². The van der Waals surface area contributed by atoms with Crippen LogP contribution in [0.25, 0.3) is 0 Å². The third-order valence-corrected chi connectivity index (χ3v) is 3.84. The molecule has 0 bridgehead atoms. The number of hydrogen-bond donors (Lipinski definition) is 4. The number of aromatic nitrogens is 2. The van der Waals surface area contributed by atoms with E-state index in [1.807, 2.05) is 0 Å². The van der Waals surface area contributed by atoms with E-state index in [9.17, 15) is 19.5 Å². The Labute approximate surface area is 133 Å². The van der Waals surface area contributed by atoms with Gasteiger partial charge >= 0.3 is 5.97 Å². The van der Waals surface area contributed by atoms with Crippen LogP contribution in [-0.2, 0) is 27.3 Å². The van der Waals surface area contributed by atoms with Crippen LogP contribution < -0.4 is 11.1 Å². The highest BCUT2D eigenvalue weighted by Gasteiger charge is 2.37. The van der Waals surface area contributed by atoms with E-state index in [0.29, 0.717) is 17.9 Å². The molecule has 0 saturated heterocycles. The quantitative estimate of drug-likeness (QED) is 0.528. The Hall–Kier alpha value is -2.42. The van der Waals surface area contributed by atoms with Gasteiger partial charge in [0.05, 0.1) is 30.3 Å². The summed E-state index contributed by atoms with van der Waals surface area (Å²) in [6.45, 7) is 2.44. The highest BCUT2D eigenvalue weighted by Crippen LogP contribution is 2.22. The summed E-state index contributed by atoms with van der Waals surface area (Å²) >= 11 is 0. The molecule has 2 rings (SSSR count). The maximum absolute atomic E-state index is 12.5. The van der Waals surface area contributed by atoms with Gasteiger partial charge in [-0.25, -0.2) is 9.78 Å². The number of H-pyrrole nitrogens is 1. The predicted octanol–water partition coefficient (Wildman–Crippen LogP) is -1.01. The van der Waals surface area contributed by atoms with E-state index in [4.69, 9.17) is 5.73 Å². The van der Waals surface area contributed by atoms with Crippen LogP contribution in [0.5, 0.6) is 0 Å². The van der Waals surface area contributed by atoms with Crippen molar-refractivity contribution >= 4 is 17.8 Å². The molecule has 9 nitrogen and oxygen atoms in total. The summed E-state index contributed by atoms with van der Waals surface area (Å²) < 4.78 is 0. The van der Waals surface area contributed by atoms with Gasteiger partial charge in [0.2, 0.25) is 11.8 Å². The Balaban J connectivity index is 2.04. The number of nitrogens with zero attached hydrogens (tertiary/aromatic N) is 2. The summed E-state index contributed by atoms with van der Waals surface area (Å²) in [6, 6.07) is -1.90. The molecule has 1 aliphatic heterocycles. The van der Waals surface area contributed by atoms with Crippen LogP contribution in [0.1, 0.15) is 31.2 Å². The molecule has 1 aliphatic rings. The van der Waals surface area contributed by atoms with Gasteiger partial charge in [-0.05, 0) is 13.3 Å². The molecule has 0 fully saturated rings. The molecule has 2 heterocycles. The number of imidazole rings is 1. The molecule has 0 unspecified atom stereocenters. The largest absolute Gasteiger partial charge is 0.480 e. The number of carbonyl (C=O) groups excluding carboxylic acids is 2. The van der Waals surface area contributed by atoms with E-state index in [2.05, 4.69) is 15.3 Å². The van der Waals surface area contributed by atoms with Crippen molar-refractivity contribution in [2.45, 2.75) is 44.8 Å². The van der Waals surface area contributed by atoms with Crippen molar-refractivity contribution in [2.75, 3.05) is 6.54 Å². The normalized spacial score (nSPS) is 18.2. The summed E-state index contributed by atoms with van der Waals surface area (Å²) in [5, 5.41) is 12.0. The van der Waals surface area contributed by atoms with Gasteiger partial charge in [0.25, 0.3) is 0 Å². The molecule has 126 valence electrons. The molecule has 0 spiro atoms. The summed E-state index contributed by atoms with van der Waals surface area (Å²) in [5.74, 6) is -1.75. The minimum atomic E-state index is -1.09. The van der Waals surface area contributed by atoms with Gasteiger partial charge in [-0.15, -0.1) is 0 Å². The second kappa shape index (κ2) is 7.23. The Morgan fingerprint density at radius 3 is 2.96 bits per heavy atom. The highest BCUT2D eigenvalue weighted by molar-refractivity contribution is 5.88. The average molecular weight is 323 g/mol. The van der Waals surface area contributed by atoms with Gasteiger partial charge < -0.3 is 26.0 Å². The number of fused-ring (bicyclic) bond motifs is 1. The van der Waals surface area contributed by atoms with Crippen LogP contribution in [0.4, 0.5) is 0 Å². The van der Waals surface area contributed by atoms with Crippen molar-refractivity contribution < 1.29 is 19.5 Å². The fraction of sp³-hybridized carbons (Fsp3) is 0.571. The van der Waals surface area contributed by atoms with Crippen molar-refractivity contribution in [1.82, 2.24) is 20.2 Å². The molecular weight excluding hydrogens is 302 g/mol. The van der Waals surface area contributed by atoms with Crippen molar-refractivity contribution in [3.63, 3.8) is 0 Å². The molecule has 2 amide bonds. The van der Waals surface area contributed by atoms with Crippen LogP contribution in [0.2, 0.25) is 0 Å². The number of aromatic amines is 1. The summed E-state index contributed by atoms with van der Waals surface area (Å²) in [5.41, 5.74) is 7.23. The first-order valence-electron chi connectivity index (χ1n) is 7.50. The first-order valence-corrected chi connectivity index (χ1v) is 7.50. The van der Waals surface area contributed by atoms with Gasteiger partial charge in [-0.1, -0.05) is 0 Å². The summed E-state index contributed by atoms with van der Waals surface area (Å²) in [7, 11) is 0. The van der Waals surface area contributed by atoms with E-state index in [1.54, 1.807) is 6.92 Å².